The predicted octanol–water partition coefficient (Wildman–Crippen LogP) is 1.04. The first-order valence-corrected chi connectivity index (χ1v) is 7.85. The van der Waals surface area contributed by atoms with Crippen molar-refractivity contribution < 1.29 is 9.53 Å². The quantitative estimate of drug-likeness (QED) is 0.869. The van der Waals surface area contributed by atoms with Crippen molar-refractivity contribution in [2.75, 3.05) is 26.2 Å². The number of aromatic amines is 1. The lowest BCUT2D eigenvalue weighted by atomic mass is 9.89. The van der Waals surface area contributed by atoms with Crippen molar-refractivity contribution in [3.63, 3.8) is 0 Å². The summed E-state index contributed by atoms with van der Waals surface area (Å²) in [5.41, 5.74) is 1.32. The van der Waals surface area contributed by atoms with Gasteiger partial charge in [-0.05, 0) is 32.0 Å². The second-order valence-corrected chi connectivity index (χ2v) is 6.04. The van der Waals surface area contributed by atoms with Crippen molar-refractivity contribution in [2.45, 2.75) is 25.0 Å². The Hall–Kier alpha value is -1.92. The summed E-state index contributed by atoms with van der Waals surface area (Å²) < 4.78 is 5.90. The number of carbonyl (C=O) groups excluding carboxylic acids is 1. The molecule has 2 N–H and O–H groups in total. The zero-order valence-corrected chi connectivity index (χ0v) is 12.5. The Bertz CT molecular complexity index is 685. The molecule has 2 aliphatic rings. The van der Waals surface area contributed by atoms with Gasteiger partial charge in [0.05, 0.1) is 24.4 Å². The van der Waals surface area contributed by atoms with Crippen LogP contribution in [0.5, 0.6) is 0 Å². The summed E-state index contributed by atoms with van der Waals surface area (Å²) in [6, 6.07) is 8.02. The fraction of sp³-hybridized carbons (Fsp3) is 0.500. The number of para-hydroxylation sites is 1. The Morgan fingerprint density at radius 3 is 2.95 bits per heavy atom. The molecule has 0 atom stereocenters. The van der Waals surface area contributed by atoms with E-state index in [4.69, 9.17) is 4.74 Å². The highest BCUT2D eigenvalue weighted by molar-refractivity contribution is 5.87. The van der Waals surface area contributed by atoms with Crippen molar-refractivity contribution in [2.24, 2.45) is 0 Å². The Kier molecular flexibility index (Phi) is 3.35. The molecule has 0 radical (unpaired) electrons. The summed E-state index contributed by atoms with van der Waals surface area (Å²) in [4.78, 5) is 14.8. The molecule has 3 heterocycles. The third-order valence-electron chi connectivity index (χ3n) is 4.72. The van der Waals surface area contributed by atoms with Gasteiger partial charge in [-0.1, -0.05) is 18.2 Å². The molecule has 1 amide bonds. The second-order valence-electron chi connectivity index (χ2n) is 6.04. The van der Waals surface area contributed by atoms with Gasteiger partial charge in [-0.2, -0.15) is 5.10 Å². The lowest BCUT2D eigenvalue weighted by Gasteiger charge is -2.43. The number of aromatic nitrogens is 2. The number of benzene rings is 1. The number of H-pyrrole nitrogens is 1. The van der Waals surface area contributed by atoms with Crippen LogP contribution in [0.15, 0.2) is 24.3 Å². The zero-order valence-electron chi connectivity index (χ0n) is 12.5. The van der Waals surface area contributed by atoms with Crippen molar-refractivity contribution >= 4 is 16.8 Å². The topological polar surface area (TPSA) is 70.2 Å². The average Bonchev–Trinajstić information content (AvgIpc) is 2.96. The van der Waals surface area contributed by atoms with Crippen LogP contribution in [0.25, 0.3) is 10.9 Å². The number of rotatable bonds is 2. The first kappa shape index (κ1) is 13.7. The smallest absolute Gasteiger partial charge is 0.255 e. The van der Waals surface area contributed by atoms with E-state index in [9.17, 15) is 4.79 Å². The third-order valence-corrected chi connectivity index (χ3v) is 4.72. The van der Waals surface area contributed by atoms with Crippen LogP contribution in [-0.4, -0.2) is 52.8 Å². The number of carbonyl (C=O) groups is 1. The zero-order chi connectivity index (χ0) is 15.0. The van der Waals surface area contributed by atoms with E-state index < -0.39 is 5.60 Å². The number of amides is 1. The van der Waals surface area contributed by atoms with Gasteiger partial charge in [0.1, 0.15) is 5.60 Å². The van der Waals surface area contributed by atoms with Gasteiger partial charge >= 0.3 is 0 Å². The largest absolute Gasteiger partial charge is 0.363 e. The molecule has 2 fully saturated rings. The van der Waals surface area contributed by atoms with Gasteiger partial charge in [-0.3, -0.25) is 9.89 Å². The van der Waals surface area contributed by atoms with Crippen LogP contribution < -0.4 is 5.32 Å². The third kappa shape index (κ3) is 2.19. The number of piperidine rings is 1. The van der Waals surface area contributed by atoms with Crippen molar-refractivity contribution in [1.82, 2.24) is 20.4 Å². The minimum Gasteiger partial charge on any atom is -0.363 e. The van der Waals surface area contributed by atoms with Gasteiger partial charge in [0.2, 0.25) is 0 Å². The molecule has 22 heavy (non-hydrogen) atoms. The van der Waals surface area contributed by atoms with E-state index in [0.717, 1.165) is 42.5 Å². The van der Waals surface area contributed by atoms with Crippen LogP contribution in [0.1, 0.15) is 18.5 Å². The molecule has 0 unspecified atom stereocenters. The van der Waals surface area contributed by atoms with E-state index >= 15 is 0 Å². The molecule has 1 aromatic carbocycles. The molecule has 6 heteroatoms. The summed E-state index contributed by atoms with van der Waals surface area (Å²) in [6.07, 6.45) is 1.51. The van der Waals surface area contributed by atoms with Gasteiger partial charge < -0.3 is 15.0 Å². The van der Waals surface area contributed by atoms with Crippen LogP contribution in [0.4, 0.5) is 0 Å². The van der Waals surface area contributed by atoms with E-state index in [-0.39, 0.29) is 5.91 Å². The van der Waals surface area contributed by atoms with E-state index in [2.05, 4.69) is 15.5 Å². The Morgan fingerprint density at radius 1 is 1.27 bits per heavy atom. The number of hydrogen-bond acceptors (Lipinski definition) is 4. The molecule has 1 aromatic heterocycles. The molecule has 6 nitrogen and oxygen atoms in total. The molecule has 4 rings (SSSR count). The molecule has 116 valence electrons. The van der Waals surface area contributed by atoms with Crippen LogP contribution in [0.3, 0.4) is 0 Å². The second kappa shape index (κ2) is 5.37. The molecule has 2 aromatic rings. The number of nitrogens with zero attached hydrogens (tertiary/aromatic N) is 2. The Balaban J connectivity index is 1.58. The fourth-order valence-electron chi connectivity index (χ4n) is 3.46. The molecule has 2 aliphatic heterocycles. The van der Waals surface area contributed by atoms with Crippen LogP contribution in [0.2, 0.25) is 0 Å². The summed E-state index contributed by atoms with van der Waals surface area (Å²) in [6.45, 7) is 3.46. The Labute approximate surface area is 128 Å². The van der Waals surface area contributed by atoms with Gasteiger partial charge in [0, 0.05) is 11.9 Å². The monoisotopic (exact) mass is 300 g/mol. The van der Waals surface area contributed by atoms with Gasteiger partial charge in [0.25, 0.3) is 5.91 Å². The number of nitrogens with one attached hydrogen (secondary N) is 2. The summed E-state index contributed by atoms with van der Waals surface area (Å²) in [5, 5.41) is 11.8. The number of morpholine rings is 1. The molecular formula is C16H20N4O2. The predicted molar refractivity (Wildman–Crippen MR) is 82.3 cm³/mol. The molecule has 1 spiro atoms. The first-order valence-electron chi connectivity index (χ1n) is 7.85. The minimum atomic E-state index is -0.615. The SMILES string of the molecule is O=C1N(Cc2n[nH]c3ccccc23)CCOC12CCNCC2. The molecule has 2 saturated heterocycles. The maximum Gasteiger partial charge on any atom is 0.255 e. The van der Waals surface area contributed by atoms with Crippen LogP contribution >= 0.6 is 0 Å². The maximum atomic E-state index is 12.9. The standard InChI is InChI=1S/C16H20N4O2/c21-15-16(5-7-17-8-6-16)22-10-9-20(15)11-14-12-3-1-2-4-13(12)18-19-14/h1-4,17H,5-11H2,(H,18,19). The Morgan fingerprint density at radius 2 is 2.09 bits per heavy atom. The molecule has 0 aliphatic carbocycles. The summed E-state index contributed by atoms with van der Waals surface area (Å²) in [7, 11) is 0. The van der Waals surface area contributed by atoms with Crippen LogP contribution in [-0.2, 0) is 16.1 Å². The lowest BCUT2D eigenvalue weighted by Crippen LogP contribution is -2.60. The molecule has 0 bridgehead atoms. The number of hydrogen-bond donors (Lipinski definition) is 2. The van der Waals surface area contributed by atoms with Gasteiger partial charge in [-0.25, -0.2) is 0 Å². The van der Waals surface area contributed by atoms with E-state index in [0.29, 0.717) is 19.7 Å². The van der Waals surface area contributed by atoms with Crippen LogP contribution in [0, 0.1) is 0 Å². The first-order chi connectivity index (χ1) is 10.8. The highest BCUT2D eigenvalue weighted by atomic mass is 16.5. The highest BCUT2D eigenvalue weighted by Gasteiger charge is 2.45. The minimum absolute atomic E-state index is 0.118. The van der Waals surface area contributed by atoms with E-state index in [1.165, 1.54) is 0 Å². The molecular weight excluding hydrogens is 280 g/mol. The van der Waals surface area contributed by atoms with Crippen molar-refractivity contribution in [3.05, 3.63) is 30.0 Å². The lowest BCUT2D eigenvalue weighted by molar-refractivity contribution is -0.177. The van der Waals surface area contributed by atoms with Crippen molar-refractivity contribution in [3.8, 4) is 0 Å². The van der Waals surface area contributed by atoms with E-state index in [1.807, 2.05) is 29.2 Å². The van der Waals surface area contributed by atoms with Gasteiger partial charge in [-0.15, -0.1) is 0 Å². The van der Waals surface area contributed by atoms with Crippen molar-refractivity contribution in [1.29, 1.82) is 0 Å². The molecule has 0 saturated carbocycles. The highest BCUT2D eigenvalue weighted by Crippen LogP contribution is 2.30. The normalized spacial score (nSPS) is 21.6. The number of ether oxygens (including phenoxy) is 1. The van der Waals surface area contributed by atoms with Gasteiger partial charge in [0.15, 0.2) is 0 Å². The maximum absolute atomic E-state index is 12.9. The average molecular weight is 300 g/mol. The fourth-order valence-corrected chi connectivity index (χ4v) is 3.46. The summed E-state index contributed by atoms with van der Waals surface area (Å²) >= 11 is 0. The summed E-state index contributed by atoms with van der Waals surface area (Å²) in [5.74, 6) is 0.118. The number of fused-ring (bicyclic) bond motifs is 1. The van der Waals surface area contributed by atoms with E-state index in [1.54, 1.807) is 0 Å².